The predicted octanol–water partition coefficient (Wildman–Crippen LogP) is 4.15. The molecule has 1 atom stereocenters. The lowest BCUT2D eigenvalue weighted by molar-refractivity contribution is -0.384. The highest BCUT2D eigenvalue weighted by molar-refractivity contribution is 5.99. The van der Waals surface area contributed by atoms with Crippen LogP contribution in [0.5, 0.6) is 0 Å². The summed E-state index contributed by atoms with van der Waals surface area (Å²) in [6.07, 6.45) is 1.01. The zero-order valence-electron chi connectivity index (χ0n) is 14.1. The van der Waals surface area contributed by atoms with Gasteiger partial charge in [0.15, 0.2) is 12.4 Å². The monoisotopic (exact) mass is 341 g/mol. The summed E-state index contributed by atoms with van der Waals surface area (Å²) in [5.74, 6) is -0.682. The first-order chi connectivity index (χ1) is 11.9. The van der Waals surface area contributed by atoms with Crippen molar-refractivity contribution in [2.24, 2.45) is 0 Å². The van der Waals surface area contributed by atoms with Gasteiger partial charge in [0.2, 0.25) is 0 Å². The quantitative estimate of drug-likeness (QED) is 0.327. The zero-order valence-corrected chi connectivity index (χ0v) is 14.1. The maximum Gasteiger partial charge on any atom is 0.338 e. The van der Waals surface area contributed by atoms with Crippen molar-refractivity contribution in [3.05, 3.63) is 75.3 Å². The topological polar surface area (TPSA) is 86.5 Å². The second kappa shape index (κ2) is 8.19. The van der Waals surface area contributed by atoms with Crippen LogP contribution in [0, 0.1) is 10.1 Å². The number of rotatable bonds is 7. The molecule has 0 saturated heterocycles. The van der Waals surface area contributed by atoms with Gasteiger partial charge in [0.05, 0.1) is 10.5 Å². The normalized spacial score (nSPS) is 11.6. The lowest BCUT2D eigenvalue weighted by atomic mass is 9.97. The third-order valence-electron chi connectivity index (χ3n) is 4.04. The molecule has 2 aromatic carbocycles. The fourth-order valence-electron chi connectivity index (χ4n) is 2.28. The number of nitrogens with zero attached hydrogens (tertiary/aromatic N) is 1. The third kappa shape index (κ3) is 4.73. The minimum Gasteiger partial charge on any atom is -0.454 e. The summed E-state index contributed by atoms with van der Waals surface area (Å²) in [5, 5.41) is 10.7. The summed E-state index contributed by atoms with van der Waals surface area (Å²) in [6.45, 7) is 3.79. The minimum absolute atomic E-state index is 0.0362. The van der Waals surface area contributed by atoms with Crippen molar-refractivity contribution in [1.29, 1.82) is 0 Å². The number of hydrogen-bond acceptors (Lipinski definition) is 5. The molecule has 0 fully saturated rings. The number of hydrogen-bond donors (Lipinski definition) is 0. The molecule has 0 N–H and O–H groups in total. The number of ether oxygens (including phenoxy) is 1. The Balaban J connectivity index is 1.98. The van der Waals surface area contributed by atoms with Crippen LogP contribution in [0.3, 0.4) is 0 Å². The Kier molecular flexibility index (Phi) is 6.00. The Morgan fingerprint density at radius 3 is 2.40 bits per heavy atom. The number of ketones is 1. The van der Waals surface area contributed by atoms with Crippen LogP contribution in [-0.4, -0.2) is 23.3 Å². The average molecular weight is 341 g/mol. The molecular weight excluding hydrogens is 322 g/mol. The van der Waals surface area contributed by atoms with Crippen molar-refractivity contribution in [3.63, 3.8) is 0 Å². The van der Waals surface area contributed by atoms with Crippen LogP contribution in [0.25, 0.3) is 0 Å². The van der Waals surface area contributed by atoms with E-state index < -0.39 is 17.5 Å². The minimum atomic E-state index is -0.770. The highest BCUT2D eigenvalue weighted by atomic mass is 16.6. The average Bonchev–Trinajstić information content (AvgIpc) is 2.65. The molecule has 6 nitrogen and oxygen atoms in total. The number of nitro benzene ring substituents is 1. The maximum atomic E-state index is 12.1. The Morgan fingerprint density at radius 1 is 1.12 bits per heavy atom. The first kappa shape index (κ1) is 18.3. The first-order valence-electron chi connectivity index (χ1n) is 7.97. The van der Waals surface area contributed by atoms with Gasteiger partial charge in [-0.3, -0.25) is 14.9 Å². The molecule has 0 aliphatic rings. The van der Waals surface area contributed by atoms with Gasteiger partial charge in [-0.2, -0.15) is 0 Å². The van der Waals surface area contributed by atoms with Crippen LogP contribution in [-0.2, 0) is 4.74 Å². The van der Waals surface area contributed by atoms with E-state index in [-0.39, 0.29) is 17.0 Å². The Morgan fingerprint density at radius 2 is 1.80 bits per heavy atom. The SMILES string of the molecule is CC[C@H](C)c1ccc(C(=O)COC(=O)c2cccc([N+](=O)[O-])c2)cc1. The number of non-ortho nitro benzene ring substituents is 1. The molecule has 0 aliphatic carbocycles. The molecule has 0 amide bonds. The van der Waals surface area contributed by atoms with Crippen LogP contribution < -0.4 is 0 Å². The van der Waals surface area contributed by atoms with Crippen LogP contribution >= 0.6 is 0 Å². The van der Waals surface area contributed by atoms with Crippen LogP contribution in [0.2, 0.25) is 0 Å². The molecule has 0 saturated carbocycles. The Bertz CT molecular complexity index is 783. The van der Waals surface area contributed by atoms with Crippen molar-refractivity contribution < 1.29 is 19.2 Å². The number of benzene rings is 2. The van der Waals surface area contributed by atoms with Crippen molar-refractivity contribution in [3.8, 4) is 0 Å². The molecule has 6 heteroatoms. The highest BCUT2D eigenvalue weighted by Gasteiger charge is 2.15. The van der Waals surface area contributed by atoms with E-state index in [4.69, 9.17) is 4.74 Å². The van der Waals surface area contributed by atoms with Gasteiger partial charge in [0, 0.05) is 17.7 Å². The highest BCUT2D eigenvalue weighted by Crippen LogP contribution is 2.19. The molecular formula is C19H19NO5. The van der Waals surface area contributed by atoms with Crippen molar-refractivity contribution in [2.45, 2.75) is 26.2 Å². The van der Waals surface area contributed by atoms with Gasteiger partial charge in [-0.25, -0.2) is 4.79 Å². The lowest BCUT2D eigenvalue weighted by Crippen LogP contribution is -2.14. The summed E-state index contributed by atoms with van der Waals surface area (Å²) in [6, 6.07) is 12.4. The molecule has 0 unspecified atom stereocenters. The van der Waals surface area contributed by atoms with E-state index in [1.54, 1.807) is 12.1 Å². The summed E-state index contributed by atoms with van der Waals surface area (Å²) in [7, 11) is 0. The Labute approximate surface area is 145 Å². The number of esters is 1. The van der Waals surface area contributed by atoms with Crippen molar-refractivity contribution in [1.82, 2.24) is 0 Å². The van der Waals surface area contributed by atoms with E-state index in [9.17, 15) is 19.7 Å². The second-order valence-corrected chi connectivity index (χ2v) is 5.74. The van der Waals surface area contributed by atoms with Gasteiger partial charge in [0.1, 0.15) is 0 Å². The number of carbonyl (C=O) groups excluding carboxylic acids is 2. The molecule has 130 valence electrons. The van der Waals surface area contributed by atoms with E-state index >= 15 is 0 Å². The summed E-state index contributed by atoms with van der Waals surface area (Å²) >= 11 is 0. The summed E-state index contributed by atoms with van der Waals surface area (Å²) < 4.78 is 4.97. The van der Waals surface area contributed by atoms with E-state index in [1.165, 1.54) is 18.2 Å². The van der Waals surface area contributed by atoms with E-state index in [1.807, 2.05) is 12.1 Å². The van der Waals surface area contributed by atoms with E-state index in [0.717, 1.165) is 18.1 Å². The molecule has 0 spiro atoms. The molecule has 25 heavy (non-hydrogen) atoms. The van der Waals surface area contributed by atoms with Crippen molar-refractivity contribution >= 4 is 17.4 Å². The van der Waals surface area contributed by atoms with Gasteiger partial charge < -0.3 is 4.74 Å². The van der Waals surface area contributed by atoms with Gasteiger partial charge in [-0.05, 0) is 24.0 Å². The zero-order chi connectivity index (χ0) is 18.4. The molecule has 0 aromatic heterocycles. The number of Topliss-reactive ketones (excluding diaryl/α,β-unsaturated/α-hetero) is 1. The largest absolute Gasteiger partial charge is 0.454 e. The van der Waals surface area contributed by atoms with Gasteiger partial charge >= 0.3 is 5.97 Å². The van der Waals surface area contributed by atoms with Crippen LogP contribution in [0.4, 0.5) is 5.69 Å². The smallest absolute Gasteiger partial charge is 0.338 e. The molecule has 0 bridgehead atoms. The third-order valence-corrected chi connectivity index (χ3v) is 4.04. The van der Waals surface area contributed by atoms with Crippen LogP contribution in [0.1, 0.15) is 52.5 Å². The fourth-order valence-corrected chi connectivity index (χ4v) is 2.28. The van der Waals surface area contributed by atoms with E-state index in [0.29, 0.717) is 11.5 Å². The molecule has 0 aliphatic heterocycles. The molecule has 2 rings (SSSR count). The maximum absolute atomic E-state index is 12.1. The molecule has 0 heterocycles. The standard InChI is InChI=1S/C19H19NO5/c1-3-13(2)14-7-9-15(10-8-14)18(21)12-25-19(22)16-5-4-6-17(11-16)20(23)24/h4-11,13H,3,12H2,1-2H3/t13-/m0/s1. The van der Waals surface area contributed by atoms with Gasteiger partial charge in [-0.15, -0.1) is 0 Å². The van der Waals surface area contributed by atoms with Crippen LogP contribution in [0.15, 0.2) is 48.5 Å². The van der Waals surface area contributed by atoms with Gasteiger partial charge in [0.25, 0.3) is 5.69 Å². The van der Waals surface area contributed by atoms with E-state index in [2.05, 4.69) is 13.8 Å². The summed E-state index contributed by atoms with van der Waals surface area (Å²) in [5.41, 5.74) is 1.43. The number of nitro groups is 1. The predicted molar refractivity (Wildman–Crippen MR) is 92.9 cm³/mol. The van der Waals surface area contributed by atoms with Gasteiger partial charge in [-0.1, -0.05) is 44.2 Å². The second-order valence-electron chi connectivity index (χ2n) is 5.74. The first-order valence-corrected chi connectivity index (χ1v) is 7.97. The molecule has 2 aromatic rings. The van der Waals surface area contributed by atoms with Crippen molar-refractivity contribution in [2.75, 3.05) is 6.61 Å². The lowest BCUT2D eigenvalue weighted by Gasteiger charge is -2.09. The fraction of sp³-hybridized carbons (Fsp3) is 0.263. The number of carbonyl (C=O) groups is 2. The Hall–Kier alpha value is -3.02. The molecule has 0 radical (unpaired) electrons. The summed E-state index contributed by atoms with van der Waals surface area (Å²) in [4.78, 5) is 34.2.